The zero-order valence-corrected chi connectivity index (χ0v) is 16.0. The summed E-state index contributed by atoms with van der Waals surface area (Å²) in [4.78, 5) is 12.6. The van der Waals surface area contributed by atoms with Crippen LogP contribution in [0, 0.1) is 37.0 Å². The lowest BCUT2D eigenvalue weighted by Crippen LogP contribution is -2.48. The molecule has 4 fully saturated rings. The van der Waals surface area contributed by atoms with E-state index in [4.69, 9.17) is 12.2 Å². The van der Waals surface area contributed by atoms with Gasteiger partial charge in [0.15, 0.2) is 5.11 Å². The first-order chi connectivity index (χ1) is 11.9. The number of hydrogen-bond donors (Lipinski definition) is 2. The van der Waals surface area contributed by atoms with Gasteiger partial charge in [-0.25, -0.2) is 0 Å². The van der Waals surface area contributed by atoms with Gasteiger partial charge in [0.25, 0.3) is 0 Å². The van der Waals surface area contributed by atoms with Gasteiger partial charge in [-0.05, 0) is 111 Å². The van der Waals surface area contributed by atoms with E-state index in [2.05, 4.69) is 30.5 Å². The van der Waals surface area contributed by atoms with Gasteiger partial charge in [0, 0.05) is 12.1 Å². The molecule has 4 heteroatoms. The molecule has 4 saturated carbocycles. The zero-order valence-electron chi connectivity index (χ0n) is 15.2. The van der Waals surface area contributed by atoms with Crippen LogP contribution < -0.4 is 10.6 Å². The van der Waals surface area contributed by atoms with Crippen LogP contribution in [0.3, 0.4) is 0 Å². The molecule has 0 heterocycles. The first-order valence-corrected chi connectivity index (χ1v) is 9.99. The molecular weight excluding hydrogens is 328 g/mol. The van der Waals surface area contributed by atoms with E-state index in [9.17, 15) is 4.79 Å². The summed E-state index contributed by atoms with van der Waals surface area (Å²) in [7, 11) is 0. The Morgan fingerprint density at radius 2 is 1.56 bits per heavy atom. The number of nitrogens with one attached hydrogen (secondary N) is 2. The maximum Gasteiger partial charge on any atom is 0.226 e. The minimum Gasteiger partial charge on any atom is -0.332 e. The molecule has 2 N–H and O–H groups in total. The van der Waals surface area contributed by atoms with Gasteiger partial charge in [-0.2, -0.15) is 0 Å². The largest absolute Gasteiger partial charge is 0.332 e. The third kappa shape index (κ3) is 3.74. The molecule has 1 aromatic carbocycles. The Morgan fingerprint density at radius 1 is 1.04 bits per heavy atom. The van der Waals surface area contributed by atoms with Crippen LogP contribution in [0.2, 0.25) is 0 Å². The highest BCUT2D eigenvalue weighted by atomic mass is 32.1. The van der Waals surface area contributed by atoms with Crippen LogP contribution in [0.25, 0.3) is 0 Å². The minimum atomic E-state index is 0.0869. The average molecular weight is 357 g/mol. The molecule has 1 amide bonds. The van der Waals surface area contributed by atoms with Crippen LogP contribution >= 0.6 is 12.2 Å². The number of benzene rings is 1. The van der Waals surface area contributed by atoms with Crippen molar-refractivity contribution in [2.75, 3.05) is 5.32 Å². The molecule has 0 aliphatic heterocycles. The molecule has 4 aliphatic rings. The van der Waals surface area contributed by atoms with Crippen molar-refractivity contribution < 1.29 is 4.79 Å². The molecule has 0 saturated heterocycles. The molecular formula is C21H28N2OS. The molecule has 4 aliphatic carbocycles. The number of hydrogen-bond acceptors (Lipinski definition) is 2. The third-order valence-electron chi connectivity index (χ3n) is 6.43. The molecule has 0 unspecified atom stereocenters. The van der Waals surface area contributed by atoms with Crippen LogP contribution in [0.15, 0.2) is 18.2 Å². The summed E-state index contributed by atoms with van der Waals surface area (Å²) in [5, 5.41) is 6.50. The first-order valence-electron chi connectivity index (χ1n) is 9.58. The van der Waals surface area contributed by atoms with Crippen molar-refractivity contribution in [2.24, 2.45) is 23.2 Å². The van der Waals surface area contributed by atoms with E-state index >= 15 is 0 Å². The molecule has 1 aromatic rings. The Kier molecular flexibility index (Phi) is 4.35. The van der Waals surface area contributed by atoms with Crippen molar-refractivity contribution in [3.63, 3.8) is 0 Å². The first kappa shape index (κ1) is 17.0. The smallest absolute Gasteiger partial charge is 0.226 e. The molecule has 0 aromatic heterocycles. The molecule has 5 rings (SSSR count). The predicted molar refractivity (Wildman–Crippen MR) is 106 cm³/mol. The second-order valence-corrected chi connectivity index (χ2v) is 9.38. The van der Waals surface area contributed by atoms with Crippen LogP contribution in [0.5, 0.6) is 0 Å². The number of carbonyl (C=O) groups is 1. The maximum absolute atomic E-state index is 12.6. The van der Waals surface area contributed by atoms with Crippen molar-refractivity contribution in [1.29, 1.82) is 0 Å². The minimum absolute atomic E-state index is 0.0869. The number of carbonyl (C=O) groups excluding carboxylic acids is 1. The highest BCUT2D eigenvalue weighted by molar-refractivity contribution is 7.80. The van der Waals surface area contributed by atoms with E-state index < -0.39 is 0 Å². The number of aryl methyl sites for hydroxylation is 2. The Morgan fingerprint density at radius 3 is 2.08 bits per heavy atom. The normalized spacial score (nSPS) is 32.5. The van der Waals surface area contributed by atoms with E-state index in [1.807, 2.05) is 12.1 Å². The summed E-state index contributed by atoms with van der Waals surface area (Å²) in [6.07, 6.45) is 8.64. The Balaban J connectivity index is 1.35. The van der Waals surface area contributed by atoms with Crippen LogP contribution in [-0.2, 0) is 4.79 Å². The van der Waals surface area contributed by atoms with Crippen molar-refractivity contribution in [3.05, 3.63) is 29.3 Å². The SMILES string of the molecule is Cc1cc(C)cc(NC(=S)NC(=O)CC23CC4CC(CC(C4)C2)C3)c1. The molecule has 0 spiro atoms. The van der Waals surface area contributed by atoms with Gasteiger partial charge >= 0.3 is 0 Å². The summed E-state index contributed by atoms with van der Waals surface area (Å²) in [5.41, 5.74) is 3.57. The van der Waals surface area contributed by atoms with Crippen molar-refractivity contribution in [1.82, 2.24) is 5.32 Å². The molecule has 134 valence electrons. The summed E-state index contributed by atoms with van der Waals surface area (Å²) in [6, 6.07) is 6.22. The lowest BCUT2D eigenvalue weighted by molar-refractivity contribution is -0.127. The van der Waals surface area contributed by atoms with Gasteiger partial charge in [-0.15, -0.1) is 0 Å². The Hall–Kier alpha value is -1.42. The van der Waals surface area contributed by atoms with Gasteiger partial charge in [0.05, 0.1) is 0 Å². The molecule has 0 radical (unpaired) electrons. The quantitative estimate of drug-likeness (QED) is 0.770. The second-order valence-electron chi connectivity index (χ2n) is 8.97. The van der Waals surface area contributed by atoms with Crippen molar-refractivity contribution in [3.8, 4) is 0 Å². The monoisotopic (exact) mass is 356 g/mol. The van der Waals surface area contributed by atoms with Crippen molar-refractivity contribution >= 4 is 28.9 Å². The van der Waals surface area contributed by atoms with Crippen LogP contribution in [0.1, 0.15) is 56.1 Å². The Bertz CT molecular complexity index is 656. The number of amides is 1. The van der Waals surface area contributed by atoms with E-state index in [0.29, 0.717) is 11.5 Å². The Labute approximate surface area is 156 Å². The molecule has 3 nitrogen and oxygen atoms in total. The lowest BCUT2D eigenvalue weighted by atomic mass is 9.49. The van der Waals surface area contributed by atoms with E-state index in [1.54, 1.807) is 0 Å². The molecule has 4 bridgehead atoms. The standard InChI is InChI=1S/C21H28N2OS/c1-13-3-14(2)5-18(4-13)22-20(25)23-19(24)12-21-9-15-6-16(10-21)8-17(7-15)11-21/h3-5,15-17H,6-12H2,1-2H3,(H2,22,23,24,25). The van der Waals surface area contributed by atoms with Crippen molar-refractivity contribution in [2.45, 2.75) is 58.8 Å². The maximum atomic E-state index is 12.6. The van der Waals surface area contributed by atoms with Gasteiger partial charge in [0.1, 0.15) is 0 Å². The van der Waals surface area contributed by atoms with Gasteiger partial charge in [-0.3, -0.25) is 4.79 Å². The van der Waals surface area contributed by atoms with Gasteiger partial charge < -0.3 is 10.6 Å². The number of thiocarbonyl (C=S) groups is 1. The van der Waals surface area contributed by atoms with E-state index in [-0.39, 0.29) is 11.3 Å². The predicted octanol–water partition coefficient (Wildman–Crippen LogP) is 4.72. The number of rotatable bonds is 3. The summed E-state index contributed by atoms with van der Waals surface area (Å²) in [6.45, 7) is 4.12. The summed E-state index contributed by atoms with van der Waals surface area (Å²) < 4.78 is 0. The lowest BCUT2D eigenvalue weighted by Gasteiger charge is -2.56. The fraction of sp³-hybridized carbons (Fsp3) is 0.619. The zero-order chi connectivity index (χ0) is 17.6. The topological polar surface area (TPSA) is 41.1 Å². The van der Waals surface area contributed by atoms with Crippen LogP contribution in [0.4, 0.5) is 5.69 Å². The highest BCUT2D eigenvalue weighted by Gasteiger charge is 2.51. The fourth-order valence-electron chi connectivity index (χ4n) is 6.23. The summed E-state index contributed by atoms with van der Waals surface area (Å²) in [5.74, 6) is 2.71. The number of anilines is 1. The third-order valence-corrected chi connectivity index (χ3v) is 6.64. The van der Waals surface area contributed by atoms with Crippen LogP contribution in [-0.4, -0.2) is 11.0 Å². The van der Waals surface area contributed by atoms with E-state index in [0.717, 1.165) is 23.4 Å². The second kappa shape index (κ2) is 6.39. The van der Waals surface area contributed by atoms with E-state index in [1.165, 1.54) is 49.7 Å². The average Bonchev–Trinajstić information content (AvgIpc) is 2.42. The molecule has 0 atom stereocenters. The van der Waals surface area contributed by atoms with Gasteiger partial charge in [-0.1, -0.05) is 6.07 Å². The summed E-state index contributed by atoms with van der Waals surface area (Å²) >= 11 is 5.37. The molecule has 25 heavy (non-hydrogen) atoms. The fourth-order valence-corrected chi connectivity index (χ4v) is 6.46. The highest BCUT2D eigenvalue weighted by Crippen LogP contribution is 2.61. The van der Waals surface area contributed by atoms with Gasteiger partial charge in [0.2, 0.25) is 5.91 Å².